The van der Waals surface area contributed by atoms with Crippen LogP contribution >= 0.6 is 0 Å². The summed E-state index contributed by atoms with van der Waals surface area (Å²) in [6.07, 6.45) is 1.41. The van der Waals surface area contributed by atoms with Crippen molar-refractivity contribution in [2.24, 2.45) is 0 Å². The van der Waals surface area contributed by atoms with Gasteiger partial charge >= 0.3 is 11.3 Å². The summed E-state index contributed by atoms with van der Waals surface area (Å²) in [4.78, 5) is 25.2. The third-order valence-corrected chi connectivity index (χ3v) is 3.12. The number of nitro groups is 2. The van der Waals surface area contributed by atoms with Gasteiger partial charge in [-0.1, -0.05) is 20.7 Å². The fraction of sp³-hybridized carbons (Fsp3) is 0.333. The summed E-state index contributed by atoms with van der Waals surface area (Å²) < 4.78 is 8.45. The molecule has 2 aromatic heterocycles. The van der Waals surface area contributed by atoms with Crippen molar-refractivity contribution in [3.63, 3.8) is 0 Å². The van der Waals surface area contributed by atoms with Crippen LogP contribution in [0.4, 0.5) is 0 Å². The monoisotopic (exact) mass is 316 g/mol. The van der Waals surface area contributed by atoms with Crippen molar-refractivity contribution in [1.29, 1.82) is 0 Å². The molecule has 3 atom stereocenters. The van der Waals surface area contributed by atoms with Gasteiger partial charge in [0.2, 0.25) is 5.69 Å². The van der Waals surface area contributed by atoms with Crippen molar-refractivity contribution in [2.75, 3.05) is 0 Å². The number of quaternary nitrogens is 1. The van der Waals surface area contributed by atoms with E-state index >= 15 is 0 Å². The molecular formula is C6H4N8O8. The number of hydrogen-bond donors (Lipinski definition) is 2. The highest BCUT2D eigenvalue weighted by Crippen LogP contribution is 2.40. The maximum absolute atomic E-state index is 12.0. The fourth-order valence-electron chi connectivity index (χ4n) is 2.15. The van der Waals surface area contributed by atoms with E-state index in [1.165, 1.54) is 0 Å². The Hall–Kier alpha value is -3.08. The molecule has 0 bridgehead atoms. The predicted molar refractivity (Wildman–Crippen MR) is 54.5 cm³/mol. The Morgan fingerprint density at radius 3 is 2.14 bits per heavy atom. The molecule has 0 saturated carbocycles. The van der Waals surface area contributed by atoms with Crippen LogP contribution in [0.15, 0.2) is 21.7 Å². The van der Waals surface area contributed by atoms with Crippen LogP contribution in [0, 0.1) is 25.4 Å². The maximum atomic E-state index is 12.0. The van der Waals surface area contributed by atoms with Crippen molar-refractivity contribution < 1.29 is 29.3 Å². The lowest BCUT2D eigenvalue weighted by Crippen LogP contribution is -3.14. The number of hydrogen-bond acceptors (Lipinski definition) is 13. The zero-order valence-electron chi connectivity index (χ0n) is 10.1. The third kappa shape index (κ3) is 1.37. The molecule has 16 nitrogen and oxygen atoms in total. The second kappa shape index (κ2) is 4.46. The van der Waals surface area contributed by atoms with E-state index in [2.05, 4.69) is 34.8 Å². The number of nitrogens with zero attached hydrogens (tertiary/aromatic N) is 6. The minimum Gasteiger partial charge on any atom is -0.592 e. The van der Waals surface area contributed by atoms with Gasteiger partial charge in [0.25, 0.3) is 5.69 Å². The van der Waals surface area contributed by atoms with Crippen molar-refractivity contribution in [3.05, 3.63) is 49.2 Å². The number of nitrogens with one attached hydrogen (secondary N) is 2. The van der Waals surface area contributed by atoms with Gasteiger partial charge in [0.05, 0.1) is 4.92 Å². The molecule has 0 amide bonds. The molecule has 1 fully saturated rings. The Kier molecular flexibility index (Phi) is 2.81. The van der Waals surface area contributed by atoms with Crippen molar-refractivity contribution in [2.45, 2.75) is 11.3 Å². The smallest absolute Gasteiger partial charge is 0.513 e. The molecular weight excluding hydrogens is 312 g/mol. The SMILES string of the molecule is O=[N+]([O-])C1(c2cnon2)NO[NH+]([O-])C1(c1cnon1)[N+](=O)[O-]. The summed E-state index contributed by atoms with van der Waals surface area (Å²) in [6, 6.07) is 0. The Balaban J connectivity index is 2.38. The first-order valence-electron chi connectivity index (χ1n) is 5.31. The Morgan fingerprint density at radius 2 is 1.68 bits per heavy atom. The third-order valence-electron chi connectivity index (χ3n) is 3.12. The molecule has 0 radical (unpaired) electrons. The van der Waals surface area contributed by atoms with E-state index in [1.807, 2.05) is 0 Å². The largest absolute Gasteiger partial charge is 0.592 e. The normalized spacial score (nSPS) is 31.2. The second-order valence-corrected chi connectivity index (χ2v) is 4.01. The highest BCUT2D eigenvalue weighted by molar-refractivity contribution is 5.17. The molecule has 3 rings (SSSR count). The summed E-state index contributed by atoms with van der Waals surface area (Å²) in [5.74, 6) is 0. The van der Waals surface area contributed by atoms with Crippen molar-refractivity contribution in [3.8, 4) is 0 Å². The molecule has 0 aliphatic carbocycles. The van der Waals surface area contributed by atoms with Crippen LogP contribution in [-0.4, -0.2) is 30.5 Å². The van der Waals surface area contributed by atoms with E-state index in [-0.39, 0.29) is 0 Å². The maximum Gasteiger partial charge on any atom is 0.513 e. The van der Waals surface area contributed by atoms with E-state index in [0.29, 0.717) is 6.20 Å². The second-order valence-electron chi connectivity index (χ2n) is 4.01. The first kappa shape index (κ1) is 13.9. The van der Waals surface area contributed by atoms with Crippen molar-refractivity contribution >= 4 is 0 Å². The molecule has 0 aromatic carbocycles. The van der Waals surface area contributed by atoms with E-state index in [4.69, 9.17) is 0 Å². The fourth-order valence-corrected chi connectivity index (χ4v) is 2.15. The highest BCUT2D eigenvalue weighted by Gasteiger charge is 2.88. The summed E-state index contributed by atoms with van der Waals surface area (Å²) in [5.41, 5.74) is -5.84. The zero-order chi connectivity index (χ0) is 16.0. The molecule has 116 valence electrons. The zero-order valence-corrected chi connectivity index (χ0v) is 10.1. The molecule has 2 N–H and O–H groups in total. The molecule has 16 heteroatoms. The van der Waals surface area contributed by atoms with Crippen LogP contribution in [0.1, 0.15) is 11.4 Å². The first-order valence-corrected chi connectivity index (χ1v) is 5.31. The van der Waals surface area contributed by atoms with Crippen LogP contribution in [0.2, 0.25) is 0 Å². The van der Waals surface area contributed by atoms with Gasteiger partial charge in [-0.05, 0) is 10.3 Å². The quantitative estimate of drug-likeness (QED) is 0.324. The molecule has 1 aliphatic rings. The molecule has 2 aromatic rings. The average molecular weight is 316 g/mol. The summed E-state index contributed by atoms with van der Waals surface area (Å²) in [6.45, 7) is 0. The van der Waals surface area contributed by atoms with Crippen molar-refractivity contribution in [1.82, 2.24) is 26.1 Å². The van der Waals surface area contributed by atoms with Gasteiger partial charge in [-0.2, -0.15) is 0 Å². The number of hydroxylamine groups is 3. The van der Waals surface area contributed by atoms with Gasteiger partial charge in [0, 0.05) is 0 Å². The summed E-state index contributed by atoms with van der Waals surface area (Å²) in [7, 11) is 0. The Bertz CT molecular complexity index is 702. The van der Waals surface area contributed by atoms with Crippen LogP contribution < -0.4 is 10.7 Å². The number of aromatic nitrogens is 4. The first-order chi connectivity index (χ1) is 10.5. The van der Waals surface area contributed by atoms with Crippen LogP contribution in [0.3, 0.4) is 0 Å². The molecule has 0 spiro atoms. The Morgan fingerprint density at radius 1 is 1.09 bits per heavy atom. The average Bonchev–Trinajstić information content (AvgIpc) is 3.18. The molecule has 1 saturated heterocycles. The minimum atomic E-state index is -3.14. The number of rotatable bonds is 4. The summed E-state index contributed by atoms with van der Waals surface area (Å²) in [5, 5.41) is 46.3. The van der Waals surface area contributed by atoms with Gasteiger partial charge in [-0.3, -0.25) is 20.2 Å². The lowest BCUT2D eigenvalue weighted by Gasteiger charge is -2.26. The topological polar surface area (TPSA) is 213 Å². The molecule has 22 heavy (non-hydrogen) atoms. The standard InChI is InChI=1S/C6H4N8O8/c15-12(16)5(3-1-7-20-9-3)6(13(17)18,14(19)22-11-5)4-2-8-21-10-4/h1-2,11,14H. The van der Waals surface area contributed by atoms with Crippen LogP contribution in [0.5, 0.6) is 0 Å². The van der Waals surface area contributed by atoms with Gasteiger partial charge in [0.15, 0.2) is 0 Å². The predicted octanol–water partition coefficient (Wildman–Crippen LogP) is -3.16. The van der Waals surface area contributed by atoms with Crippen LogP contribution in [0.25, 0.3) is 0 Å². The van der Waals surface area contributed by atoms with Gasteiger partial charge in [-0.25, -0.2) is 9.26 Å². The molecule has 1 aliphatic heterocycles. The van der Waals surface area contributed by atoms with E-state index in [1.54, 1.807) is 5.48 Å². The van der Waals surface area contributed by atoms with E-state index in [9.17, 15) is 25.4 Å². The highest BCUT2D eigenvalue weighted by atomic mass is 17.0. The van der Waals surface area contributed by atoms with Crippen LogP contribution in [-0.2, 0) is 16.3 Å². The van der Waals surface area contributed by atoms with Gasteiger partial charge in [0.1, 0.15) is 17.3 Å². The lowest BCUT2D eigenvalue weighted by molar-refractivity contribution is -1.15. The summed E-state index contributed by atoms with van der Waals surface area (Å²) >= 11 is 0. The Labute approximate surface area is 117 Å². The van der Waals surface area contributed by atoms with Gasteiger partial charge < -0.3 is 5.21 Å². The minimum absolute atomic E-state index is 0.678. The van der Waals surface area contributed by atoms with E-state index in [0.717, 1.165) is 6.20 Å². The molecule has 3 heterocycles. The van der Waals surface area contributed by atoms with E-state index < -0.39 is 37.8 Å². The van der Waals surface area contributed by atoms with Gasteiger partial charge in [-0.15, -0.1) is 5.23 Å². The molecule has 3 unspecified atom stereocenters. The lowest BCUT2D eigenvalue weighted by atomic mass is 9.89.